The van der Waals surface area contributed by atoms with Gasteiger partial charge in [-0.25, -0.2) is 0 Å². The van der Waals surface area contributed by atoms with Crippen LogP contribution in [0, 0.1) is 0 Å². The van der Waals surface area contributed by atoms with E-state index in [1.807, 2.05) is 44.2 Å². The van der Waals surface area contributed by atoms with E-state index in [9.17, 15) is 9.59 Å². The molecule has 0 radical (unpaired) electrons. The first-order valence-electron chi connectivity index (χ1n) is 7.91. The van der Waals surface area contributed by atoms with Crippen LogP contribution in [-0.2, 0) is 30.4 Å². The third kappa shape index (κ3) is 5.92. The Labute approximate surface area is 141 Å². The fraction of sp³-hybridized carbons (Fsp3) is 0.529. The molecule has 2 N–H and O–H groups in total. The fourth-order valence-electron chi connectivity index (χ4n) is 2.35. The highest BCUT2D eigenvalue weighted by molar-refractivity contribution is 5.83. The summed E-state index contributed by atoms with van der Waals surface area (Å²) in [4.78, 5) is 22.9. The summed E-state index contributed by atoms with van der Waals surface area (Å²) >= 11 is 0. The van der Waals surface area contributed by atoms with Crippen LogP contribution in [0.2, 0.25) is 0 Å². The molecule has 1 saturated heterocycles. The van der Waals surface area contributed by atoms with Crippen molar-refractivity contribution < 1.29 is 23.8 Å². The minimum atomic E-state index is -0.749. The van der Waals surface area contributed by atoms with Gasteiger partial charge in [-0.2, -0.15) is 0 Å². The van der Waals surface area contributed by atoms with Crippen molar-refractivity contribution in [3.63, 3.8) is 0 Å². The van der Waals surface area contributed by atoms with E-state index in [0.29, 0.717) is 26.2 Å². The lowest BCUT2D eigenvalue weighted by molar-refractivity contribution is -0.140. The van der Waals surface area contributed by atoms with E-state index in [-0.39, 0.29) is 18.6 Å². The van der Waals surface area contributed by atoms with Crippen molar-refractivity contribution in [1.29, 1.82) is 0 Å². The lowest BCUT2D eigenvalue weighted by Gasteiger charge is -2.19. The van der Waals surface area contributed by atoms with Gasteiger partial charge in [0.15, 0.2) is 5.79 Å². The van der Waals surface area contributed by atoms with Crippen LogP contribution in [0.5, 0.6) is 0 Å². The number of carbonyl (C=O) groups is 2. The molecule has 0 spiro atoms. The molecule has 0 saturated carbocycles. The quantitative estimate of drug-likeness (QED) is 0.645. The van der Waals surface area contributed by atoms with Crippen molar-refractivity contribution >= 4 is 12.3 Å². The van der Waals surface area contributed by atoms with Crippen LogP contribution in [0.3, 0.4) is 0 Å². The first-order chi connectivity index (χ1) is 11.5. The monoisotopic (exact) mass is 336 g/mol. The van der Waals surface area contributed by atoms with Gasteiger partial charge in [0.1, 0.15) is 12.1 Å². The molecule has 1 aromatic carbocycles. The van der Waals surface area contributed by atoms with Gasteiger partial charge in [0.05, 0.1) is 19.8 Å². The summed E-state index contributed by atoms with van der Waals surface area (Å²) in [7, 11) is 0. The topological polar surface area (TPSA) is 85.9 Å². The second kappa shape index (κ2) is 8.77. The Balaban J connectivity index is 1.74. The molecule has 2 unspecified atom stereocenters. The average molecular weight is 336 g/mol. The summed E-state index contributed by atoms with van der Waals surface area (Å²) in [5.41, 5.74) is 1.00. The predicted molar refractivity (Wildman–Crippen MR) is 87.0 cm³/mol. The van der Waals surface area contributed by atoms with Crippen molar-refractivity contribution in [3.05, 3.63) is 35.9 Å². The largest absolute Gasteiger partial charge is 0.374 e. The normalized spacial score (nSPS) is 20.3. The summed E-state index contributed by atoms with van der Waals surface area (Å²) in [6.07, 6.45) is 0.292. The van der Waals surface area contributed by atoms with E-state index in [1.54, 1.807) is 0 Å². The highest BCUT2D eigenvalue weighted by atomic mass is 16.7. The number of benzene rings is 1. The third-order valence-corrected chi connectivity index (χ3v) is 3.55. The van der Waals surface area contributed by atoms with Gasteiger partial charge >= 0.3 is 0 Å². The molecule has 0 aliphatic carbocycles. The van der Waals surface area contributed by atoms with Crippen molar-refractivity contribution in [2.45, 2.75) is 38.4 Å². The molecule has 2 rings (SSSR count). The molecule has 24 heavy (non-hydrogen) atoms. The lowest BCUT2D eigenvalue weighted by atomic mass is 10.2. The van der Waals surface area contributed by atoms with E-state index in [2.05, 4.69) is 10.6 Å². The Morgan fingerprint density at radius 2 is 2.17 bits per heavy atom. The maximum absolute atomic E-state index is 12.2. The molecule has 1 fully saturated rings. The Hall–Kier alpha value is -1.96. The number of amides is 2. The van der Waals surface area contributed by atoms with Gasteiger partial charge < -0.3 is 24.8 Å². The fourth-order valence-corrected chi connectivity index (χ4v) is 2.35. The first-order valence-corrected chi connectivity index (χ1v) is 7.91. The van der Waals surface area contributed by atoms with Crippen LogP contribution >= 0.6 is 0 Å². The number of nitrogens with one attached hydrogen (secondary N) is 2. The highest BCUT2D eigenvalue weighted by Crippen LogP contribution is 2.21. The molecule has 0 bridgehead atoms. The van der Waals surface area contributed by atoms with E-state index in [1.165, 1.54) is 0 Å². The van der Waals surface area contributed by atoms with Crippen molar-refractivity contribution in [3.8, 4) is 0 Å². The number of hydrogen-bond acceptors (Lipinski definition) is 5. The van der Waals surface area contributed by atoms with Gasteiger partial charge in [0.25, 0.3) is 0 Å². The summed E-state index contributed by atoms with van der Waals surface area (Å²) in [5, 5.41) is 5.22. The molecule has 2 amide bonds. The molecule has 1 aliphatic rings. The molecule has 132 valence electrons. The summed E-state index contributed by atoms with van der Waals surface area (Å²) in [6, 6.07) is 8.86. The lowest BCUT2D eigenvalue weighted by Crippen LogP contribution is -2.48. The Bertz CT molecular complexity index is 535. The summed E-state index contributed by atoms with van der Waals surface area (Å²) in [6.45, 7) is 4.85. The number of ether oxygens (including phenoxy) is 3. The molecule has 1 aromatic rings. The second-order valence-electron chi connectivity index (χ2n) is 6.03. The zero-order chi connectivity index (χ0) is 17.4. The van der Waals surface area contributed by atoms with E-state index in [0.717, 1.165) is 5.56 Å². The number of rotatable bonds is 9. The van der Waals surface area contributed by atoms with Crippen LogP contribution in [0.15, 0.2) is 30.3 Å². The molecule has 0 aromatic heterocycles. The van der Waals surface area contributed by atoms with Gasteiger partial charge in [0.2, 0.25) is 12.3 Å². The smallest absolute Gasteiger partial charge is 0.245 e. The number of hydrogen-bond donors (Lipinski definition) is 2. The molecular formula is C17H24N2O5. The van der Waals surface area contributed by atoms with E-state index >= 15 is 0 Å². The maximum atomic E-state index is 12.2. The van der Waals surface area contributed by atoms with Crippen molar-refractivity contribution in [2.24, 2.45) is 0 Å². The van der Waals surface area contributed by atoms with E-state index in [4.69, 9.17) is 14.2 Å². The zero-order valence-electron chi connectivity index (χ0n) is 14.0. The Kier molecular flexibility index (Phi) is 6.72. The number of carbonyl (C=O) groups excluding carboxylic acids is 2. The van der Waals surface area contributed by atoms with Crippen LogP contribution in [-0.4, -0.2) is 50.0 Å². The van der Waals surface area contributed by atoms with Gasteiger partial charge in [-0.1, -0.05) is 30.3 Å². The molecule has 7 heteroatoms. The predicted octanol–water partition coefficient (Wildman–Crippen LogP) is 0.586. The zero-order valence-corrected chi connectivity index (χ0v) is 14.0. The highest BCUT2D eigenvalue weighted by Gasteiger charge is 2.33. The molecular weight excluding hydrogens is 312 g/mol. The SMILES string of the molecule is CC1(C)OCC(CNC(=O)C(COCc2ccccc2)NC=O)O1. The van der Waals surface area contributed by atoms with Gasteiger partial charge in [-0.05, 0) is 19.4 Å². The van der Waals surface area contributed by atoms with Gasteiger partial charge in [0, 0.05) is 6.54 Å². The molecule has 1 aliphatic heterocycles. The standard InChI is InChI=1S/C17H24N2O5/c1-17(2)23-10-14(24-17)8-18-16(21)15(19-12-20)11-22-9-13-6-4-3-5-7-13/h3-7,12,14-15H,8-11H2,1-2H3,(H,18,21)(H,19,20). The van der Waals surface area contributed by atoms with Crippen molar-refractivity contribution in [1.82, 2.24) is 10.6 Å². The summed E-state index contributed by atoms with van der Waals surface area (Å²) < 4.78 is 16.6. The molecule has 1 heterocycles. The van der Waals surface area contributed by atoms with Crippen LogP contribution < -0.4 is 10.6 Å². The average Bonchev–Trinajstić information content (AvgIpc) is 2.92. The van der Waals surface area contributed by atoms with Crippen LogP contribution in [0.4, 0.5) is 0 Å². The van der Waals surface area contributed by atoms with Crippen LogP contribution in [0.1, 0.15) is 19.4 Å². The Morgan fingerprint density at radius 3 is 2.79 bits per heavy atom. The van der Waals surface area contributed by atoms with Crippen LogP contribution in [0.25, 0.3) is 0 Å². The summed E-state index contributed by atoms with van der Waals surface area (Å²) in [5.74, 6) is -0.947. The minimum Gasteiger partial charge on any atom is -0.374 e. The van der Waals surface area contributed by atoms with Gasteiger partial charge in [-0.15, -0.1) is 0 Å². The van der Waals surface area contributed by atoms with E-state index < -0.39 is 11.8 Å². The third-order valence-electron chi connectivity index (χ3n) is 3.55. The molecule has 7 nitrogen and oxygen atoms in total. The second-order valence-corrected chi connectivity index (χ2v) is 6.03. The van der Waals surface area contributed by atoms with Gasteiger partial charge in [-0.3, -0.25) is 9.59 Å². The molecule has 2 atom stereocenters. The van der Waals surface area contributed by atoms with Crippen molar-refractivity contribution in [2.75, 3.05) is 19.8 Å². The first kappa shape index (κ1) is 18.4. The Morgan fingerprint density at radius 1 is 1.42 bits per heavy atom. The minimum absolute atomic E-state index is 0.0903. The maximum Gasteiger partial charge on any atom is 0.245 e.